The average Bonchev–Trinajstić information content (AvgIpc) is 3.48. The molecule has 6 nitrogen and oxygen atoms in total. The summed E-state index contributed by atoms with van der Waals surface area (Å²) in [5, 5.41) is 6.51. The highest BCUT2D eigenvalue weighted by Gasteiger charge is 2.30. The maximum Gasteiger partial charge on any atom is 0.387 e. The fourth-order valence-electron chi connectivity index (χ4n) is 3.10. The van der Waals surface area contributed by atoms with Crippen LogP contribution >= 0.6 is 0 Å². The number of halogens is 2. The van der Waals surface area contributed by atoms with Crippen LogP contribution < -0.4 is 20.1 Å². The second-order valence-electron chi connectivity index (χ2n) is 7.04. The van der Waals surface area contributed by atoms with Crippen LogP contribution in [0.4, 0.5) is 8.78 Å². The molecule has 0 unspecified atom stereocenters. The van der Waals surface area contributed by atoms with Gasteiger partial charge in [-0.2, -0.15) is 8.78 Å². The number of ether oxygens (including phenoxy) is 2. The number of nitrogens with one attached hydrogen (secondary N) is 2. The largest absolute Gasteiger partial charge is 0.497 e. The van der Waals surface area contributed by atoms with Gasteiger partial charge in [-0.3, -0.25) is 4.90 Å². The lowest BCUT2D eigenvalue weighted by Crippen LogP contribution is -2.43. The Hall–Kier alpha value is -2.09. The first-order valence-corrected chi connectivity index (χ1v) is 9.84. The molecule has 1 aliphatic carbocycles. The summed E-state index contributed by atoms with van der Waals surface area (Å²) < 4.78 is 35.1. The lowest BCUT2D eigenvalue weighted by molar-refractivity contribution is -0.0504. The van der Waals surface area contributed by atoms with Crippen molar-refractivity contribution < 1.29 is 18.3 Å². The number of hydrogen-bond acceptors (Lipinski definition) is 4. The highest BCUT2D eigenvalue weighted by atomic mass is 19.3. The van der Waals surface area contributed by atoms with E-state index in [0.717, 1.165) is 13.1 Å². The molecule has 0 aliphatic heterocycles. The number of rotatable bonds is 11. The van der Waals surface area contributed by atoms with Gasteiger partial charge >= 0.3 is 6.61 Å². The van der Waals surface area contributed by atoms with Gasteiger partial charge < -0.3 is 20.1 Å². The summed E-state index contributed by atoms with van der Waals surface area (Å²) in [5.41, 5.74) is 0.540. The molecule has 158 valence electrons. The molecule has 1 fully saturated rings. The normalized spacial score (nSPS) is 14.7. The predicted octanol–water partition coefficient (Wildman–Crippen LogP) is 3.22. The zero-order chi connectivity index (χ0) is 20.5. The molecule has 2 N–H and O–H groups in total. The maximum absolute atomic E-state index is 12.7. The summed E-state index contributed by atoms with van der Waals surface area (Å²) in [4.78, 5) is 7.02. The summed E-state index contributed by atoms with van der Waals surface area (Å²) in [6.07, 6.45) is 2.55. The smallest absolute Gasteiger partial charge is 0.387 e. The highest BCUT2D eigenvalue weighted by molar-refractivity contribution is 5.79. The van der Waals surface area contributed by atoms with Crippen LogP contribution in [0.25, 0.3) is 0 Å². The molecule has 1 aromatic rings. The van der Waals surface area contributed by atoms with Crippen molar-refractivity contribution in [2.24, 2.45) is 4.99 Å². The van der Waals surface area contributed by atoms with Crippen LogP contribution in [0.3, 0.4) is 0 Å². The number of aliphatic imine (C=N–C) groups is 1. The van der Waals surface area contributed by atoms with Gasteiger partial charge in [0, 0.05) is 37.3 Å². The van der Waals surface area contributed by atoms with Crippen LogP contribution in [0.1, 0.15) is 39.2 Å². The molecule has 1 aromatic carbocycles. The van der Waals surface area contributed by atoms with Gasteiger partial charge in [0.05, 0.1) is 13.7 Å². The van der Waals surface area contributed by atoms with Crippen molar-refractivity contribution in [1.29, 1.82) is 0 Å². The SMILES string of the molecule is CCNC(=NCc1cc(OC)ccc1OC(F)F)NCCN(C(C)C)C1CC1. The Morgan fingerprint density at radius 2 is 2.04 bits per heavy atom. The molecule has 1 aliphatic rings. The van der Waals surface area contributed by atoms with Crippen LogP contribution in [0.15, 0.2) is 23.2 Å². The average molecular weight is 398 g/mol. The molecule has 0 atom stereocenters. The van der Waals surface area contributed by atoms with Gasteiger partial charge in [-0.05, 0) is 51.8 Å². The Morgan fingerprint density at radius 1 is 1.29 bits per heavy atom. The molecule has 0 radical (unpaired) electrons. The number of benzene rings is 1. The second-order valence-corrected chi connectivity index (χ2v) is 7.04. The minimum absolute atomic E-state index is 0.107. The third-order valence-corrected chi connectivity index (χ3v) is 4.58. The summed E-state index contributed by atoms with van der Waals surface area (Å²) in [5.74, 6) is 1.32. The van der Waals surface area contributed by atoms with Gasteiger partial charge in [-0.1, -0.05) is 0 Å². The lowest BCUT2D eigenvalue weighted by Gasteiger charge is -2.26. The van der Waals surface area contributed by atoms with Crippen molar-refractivity contribution in [3.8, 4) is 11.5 Å². The van der Waals surface area contributed by atoms with Gasteiger partial charge in [-0.15, -0.1) is 0 Å². The van der Waals surface area contributed by atoms with E-state index in [-0.39, 0.29) is 12.3 Å². The minimum Gasteiger partial charge on any atom is -0.497 e. The molecule has 0 bridgehead atoms. The van der Waals surface area contributed by atoms with E-state index in [1.54, 1.807) is 12.1 Å². The first-order chi connectivity index (χ1) is 13.4. The van der Waals surface area contributed by atoms with Gasteiger partial charge in [0.15, 0.2) is 5.96 Å². The van der Waals surface area contributed by atoms with E-state index >= 15 is 0 Å². The second kappa shape index (κ2) is 11.0. The van der Waals surface area contributed by atoms with Gasteiger partial charge in [0.2, 0.25) is 0 Å². The highest BCUT2D eigenvalue weighted by Crippen LogP contribution is 2.28. The fourth-order valence-corrected chi connectivity index (χ4v) is 3.10. The van der Waals surface area contributed by atoms with Crippen LogP contribution in [0.5, 0.6) is 11.5 Å². The first kappa shape index (κ1) is 22.2. The van der Waals surface area contributed by atoms with Crippen molar-refractivity contribution in [1.82, 2.24) is 15.5 Å². The first-order valence-electron chi connectivity index (χ1n) is 9.84. The topological polar surface area (TPSA) is 58.1 Å². The van der Waals surface area contributed by atoms with E-state index in [0.29, 0.717) is 35.9 Å². The Bertz CT molecular complexity index is 635. The van der Waals surface area contributed by atoms with E-state index in [2.05, 4.69) is 39.1 Å². The monoisotopic (exact) mass is 398 g/mol. The third-order valence-electron chi connectivity index (χ3n) is 4.58. The van der Waals surface area contributed by atoms with Gasteiger partial charge in [0.1, 0.15) is 11.5 Å². The molecule has 0 heterocycles. The van der Waals surface area contributed by atoms with Crippen molar-refractivity contribution in [2.45, 2.75) is 58.9 Å². The summed E-state index contributed by atoms with van der Waals surface area (Å²) in [6, 6.07) is 5.95. The molecular formula is C20H32F2N4O2. The Kier molecular flexibility index (Phi) is 8.76. The quantitative estimate of drug-likeness (QED) is 0.443. The van der Waals surface area contributed by atoms with Crippen LogP contribution in [-0.4, -0.2) is 56.3 Å². The van der Waals surface area contributed by atoms with Crippen molar-refractivity contribution in [3.63, 3.8) is 0 Å². The fraction of sp³-hybridized carbons (Fsp3) is 0.650. The summed E-state index contributed by atoms with van der Waals surface area (Å²) in [6.45, 7) is 6.14. The Labute approximate surface area is 166 Å². The molecule has 8 heteroatoms. The van der Waals surface area contributed by atoms with Crippen LogP contribution in [0.2, 0.25) is 0 Å². The van der Waals surface area contributed by atoms with E-state index in [1.165, 1.54) is 26.0 Å². The number of methoxy groups -OCH3 is 1. The molecule has 0 amide bonds. The van der Waals surface area contributed by atoms with Crippen molar-refractivity contribution in [2.75, 3.05) is 26.7 Å². The van der Waals surface area contributed by atoms with E-state index in [4.69, 9.17) is 4.74 Å². The zero-order valence-corrected chi connectivity index (χ0v) is 17.2. The Balaban J connectivity index is 2.00. The standard InChI is InChI=1S/C20H32F2N4O2/c1-5-23-20(24-10-11-26(14(2)3)16-6-7-16)25-13-15-12-17(27-4)8-9-18(15)28-19(21)22/h8-9,12,14,16,19H,5-7,10-11,13H2,1-4H3,(H2,23,24,25). The van der Waals surface area contributed by atoms with Crippen LogP contribution in [0, 0.1) is 0 Å². The minimum atomic E-state index is -2.88. The van der Waals surface area contributed by atoms with Crippen LogP contribution in [-0.2, 0) is 6.54 Å². The van der Waals surface area contributed by atoms with Crippen molar-refractivity contribution in [3.05, 3.63) is 23.8 Å². The number of alkyl halides is 2. The van der Waals surface area contributed by atoms with E-state index in [1.807, 2.05) is 6.92 Å². The summed E-state index contributed by atoms with van der Waals surface area (Å²) in [7, 11) is 1.53. The van der Waals surface area contributed by atoms with E-state index in [9.17, 15) is 8.78 Å². The molecule has 1 saturated carbocycles. The molecular weight excluding hydrogens is 366 g/mol. The molecule has 0 spiro atoms. The third kappa shape index (κ3) is 7.14. The molecule has 0 aromatic heterocycles. The predicted molar refractivity (Wildman–Crippen MR) is 107 cm³/mol. The zero-order valence-electron chi connectivity index (χ0n) is 17.2. The number of guanidine groups is 1. The molecule has 28 heavy (non-hydrogen) atoms. The lowest BCUT2D eigenvalue weighted by atomic mass is 10.2. The molecule has 2 rings (SSSR count). The molecule has 0 saturated heterocycles. The number of hydrogen-bond donors (Lipinski definition) is 2. The Morgan fingerprint density at radius 3 is 2.61 bits per heavy atom. The van der Waals surface area contributed by atoms with Gasteiger partial charge in [-0.25, -0.2) is 4.99 Å². The van der Waals surface area contributed by atoms with Gasteiger partial charge in [0.25, 0.3) is 0 Å². The van der Waals surface area contributed by atoms with E-state index < -0.39 is 6.61 Å². The summed E-state index contributed by atoms with van der Waals surface area (Å²) >= 11 is 0. The number of nitrogens with zero attached hydrogens (tertiary/aromatic N) is 2. The van der Waals surface area contributed by atoms with Crippen molar-refractivity contribution >= 4 is 5.96 Å². The maximum atomic E-state index is 12.7.